The van der Waals surface area contributed by atoms with Crippen LogP contribution in [0.3, 0.4) is 0 Å². The molecule has 16 heteroatoms. The van der Waals surface area contributed by atoms with Crippen LogP contribution < -0.4 is 30.0 Å². The Morgan fingerprint density at radius 1 is 0.833 bits per heavy atom. The van der Waals surface area contributed by atoms with Gasteiger partial charge in [0.2, 0.25) is 0 Å². The number of hydrogen-bond acceptors (Lipinski definition) is 13. The molecule has 2 aliphatic rings. The number of carbonyl (C=O) groups is 5. The van der Waals surface area contributed by atoms with Crippen molar-refractivity contribution in [2.45, 2.75) is 91.0 Å². The minimum Gasteiger partial charge on any atom is -0.493 e. The molecular formula is C38H52N4O12. The molecule has 2 fully saturated rings. The third kappa shape index (κ3) is 10.8. The first kappa shape index (κ1) is 41.3. The summed E-state index contributed by atoms with van der Waals surface area (Å²) in [5.74, 6) is -0.449. The molecular weight excluding hydrogens is 704 g/mol. The molecule has 2 unspecified atom stereocenters. The van der Waals surface area contributed by atoms with Crippen LogP contribution in [-0.2, 0) is 23.8 Å². The Morgan fingerprint density at radius 2 is 1.43 bits per heavy atom. The van der Waals surface area contributed by atoms with Gasteiger partial charge in [-0.2, -0.15) is 0 Å². The molecule has 0 radical (unpaired) electrons. The summed E-state index contributed by atoms with van der Waals surface area (Å²) in [6.45, 7) is 9.44. The van der Waals surface area contributed by atoms with E-state index >= 15 is 0 Å². The van der Waals surface area contributed by atoms with Crippen LogP contribution in [0.4, 0.5) is 16.2 Å². The number of anilines is 2. The number of esters is 2. The maximum atomic E-state index is 13.9. The largest absolute Gasteiger partial charge is 0.493 e. The summed E-state index contributed by atoms with van der Waals surface area (Å²) >= 11 is 0. The first-order chi connectivity index (χ1) is 25.6. The molecule has 2 aromatic carbocycles. The quantitative estimate of drug-likeness (QED) is 0.105. The third-order valence-corrected chi connectivity index (χ3v) is 8.67. The number of amides is 3. The van der Waals surface area contributed by atoms with Gasteiger partial charge in [-0.1, -0.05) is 6.92 Å². The van der Waals surface area contributed by atoms with E-state index in [0.29, 0.717) is 50.3 Å². The van der Waals surface area contributed by atoms with E-state index in [0.717, 1.165) is 6.42 Å². The normalized spacial score (nSPS) is 16.7. The number of carbonyl (C=O) groups excluding carboxylic acids is 5. The van der Waals surface area contributed by atoms with Crippen molar-refractivity contribution >= 4 is 41.2 Å². The molecule has 2 saturated heterocycles. The molecule has 0 bridgehead atoms. The van der Waals surface area contributed by atoms with Crippen LogP contribution >= 0.6 is 0 Å². The lowest BCUT2D eigenvalue weighted by molar-refractivity contribution is -0.154. The number of ether oxygens (including phenoxy) is 7. The fraction of sp³-hybridized carbons (Fsp3) is 0.553. The van der Waals surface area contributed by atoms with Gasteiger partial charge in [0, 0.05) is 57.1 Å². The van der Waals surface area contributed by atoms with E-state index in [-0.39, 0.29) is 84.1 Å². The Hall–Kier alpha value is -5.41. The number of methoxy groups -OCH3 is 2. The monoisotopic (exact) mass is 756 g/mol. The summed E-state index contributed by atoms with van der Waals surface area (Å²) in [7, 11) is 2.89. The number of likely N-dealkylation sites (tertiary alicyclic amines) is 2. The van der Waals surface area contributed by atoms with Gasteiger partial charge in [-0.3, -0.25) is 24.5 Å². The molecule has 296 valence electrons. The van der Waals surface area contributed by atoms with Crippen molar-refractivity contribution in [1.82, 2.24) is 9.80 Å². The average molecular weight is 757 g/mol. The SMILES string of the molecule is CCC(=O)OC1CCCN1C(=O)c1cc(OC)c(OCCCOc2cc(NC(=O)OC(C)(C)C)c(C(=O)N3CCCC3COC(C)=O)cc2OC)cc1N. The molecule has 16 nitrogen and oxygen atoms in total. The fourth-order valence-electron chi connectivity index (χ4n) is 6.11. The Balaban J connectivity index is 1.45. The van der Waals surface area contributed by atoms with E-state index in [2.05, 4.69) is 5.32 Å². The lowest BCUT2D eigenvalue weighted by atomic mass is 10.1. The van der Waals surface area contributed by atoms with Crippen LogP contribution in [0.25, 0.3) is 0 Å². The zero-order chi connectivity index (χ0) is 39.6. The summed E-state index contributed by atoms with van der Waals surface area (Å²) in [5, 5.41) is 2.68. The predicted molar refractivity (Wildman–Crippen MR) is 197 cm³/mol. The van der Waals surface area contributed by atoms with Crippen LogP contribution in [0.15, 0.2) is 24.3 Å². The molecule has 2 aliphatic heterocycles. The Morgan fingerprint density at radius 3 is 2.04 bits per heavy atom. The van der Waals surface area contributed by atoms with E-state index < -0.39 is 23.9 Å². The van der Waals surface area contributed by atoms with Gasteiger partial charge in [-0.25, -0.2) is 4.79 Å². The van der Waals surface area contributed by atoms with Crippen molar-refractivity contribution in [3.63, 3.8) is 0 Å². The van der Waals surface area contributed by atoms with Crippen molar-refractivity contribution in [3.8, 4) is 23.0 Å². The van der Waals surface area contributed by atoms with E-state index in [4.69, 9.17) is 38.9 Å². The van der Waals surface area contributed by atoms with Gasteiger partial charge in [0.25, 0.3) is 11.8 Å². The molecule has 0 aliphatic carbocycles. The number of benzene rings is 2. The topological polar surface area (TPSA) is 194 Å². The fourth-order valence-corrected chi connectivity index (χ4v) is 6.11. The van der Waals surface area contributed by atoms with Gasteiger partial charge in [-0.05, 0) is 52.2 Å². The van der Waals surface area contributed by atoms with Gasteiger partial charge < -0.3 is 48.7 Å². The maximum absolute atomic E-state index is 13.9. The van der Waals surface area contributed by atoms with Crippen molar-refractivity contribution in [2.75, 3.05) is 58.2 Å². The zero-order valence-corrected chi connectivity index (χ0v) is 32.1. The first-order valence-electron chi connectivity index (χ1n) is 18.1. The molecule has 54 heavy (non-hydrogen) atoms. The van der Waals surface area contributed by atoms with Gasteiger partial charge in [-0.15, -0.1) is 0 Å². The first-order valence-corrected chi connectivity index (χ1v) is 18.1. The van der Waals surface area contributed by atoms with Gasteiger partial charge >= 0.3 is 18.0 Å². The van der Waals surface area contributed by atoms with E-state index in [1.165, 1.54) is 50.3 Å². The summed E-state index contributed by atoms with van der Waals surface area (Å²) in [5.41, 5.74) is 6.19. The highest BCUT2D eigenvalue weighted by Gasteiger charge is 2.34. The highest BCUT2D eigenvalue weighted by atomic mass is 16.6. The van der Waals surface area contributed by atoms with E-state index in [1.807, 2.05) is 0 Å². The molecule has 2 aromatic rings. The van der Waals surface area contributed by atoms with Gasteiger partial charge in [0.05, 0.1) is 50.3 Å². The van der Waals surface area contributed by atoms with Crippen LogP contribution in [0.2, 0.25) is 0 Å². The minimum absolute atomic E-state index is 0.0633. The lowest BCUT2D eigenvalue weighted by Crippen LogP contribution is -2.39. The molecule has 0 saturated carbocycles. The minimum atomic E-state index is -0.796. The van der Waals surface area contributed by atoms with Crippen LogP contribution in [0, 0.1) is 0 Å². The zero-order valence-electron chi connectivity index (χ0n) is 32.1. The van der Waals surface area contributed by atoms with Crippen molar-refractivity contribution < 1.29 is 57.1 Å². The molecule has 3 N–H and O–H groups in total. The Labute approximate surface area is 315 Å². The number of nitrogens with two attached hydrogens (primary N) is 1. The van der Waals surface area contributed by atoms with Crippen LogP contribution in [-0.4, -0.2) is 105 Å². The second-order valence-electron chi connectivity index (χ2n) is 13.9. The maximum Gasteiger partial charge on any atom is 0.412 e. The second-order valence-corrected chi connectivity index (χ2v) is 13.9. The van der Waals surface area contributed by atoms with Crippen molar-refractivity contribution in [1.29, 1.82) is 0 Å². The molecule has 0 aromatic heterocycles. The van der Waals surface area contributed by atoms with E-state index in [1.54, 1.807) is 32.6 Å². The third-order valence-electron chi connectivity index (χ3n) is 8.67. The Kier molecular flexibility index (Phi) is 14.2. The molecule has 0 spiro atoms. The highest BCUT2D eigenvalue weighted by Crippen LogP contribution is 2.37. The van der Waals surface area contributed by atoms with Crippen LogP contribution in [0.1, 0.15) is 93.9 Å². The highest BCUT2D eigenvalue weighted by molar-refractivity contribution is 6.04. The summed E-state index contributed by atoms with van der Waals surface area (Å²) in [6, 6.07) is 5.70. The summed E-state index contributed by atoms with van der Waals surface area (Å²) in [6.07, 6.45) is 1.80. The van der Waals surface area contributed by atoms with E-state index in [9.17, 15) is 24.0 Å². The van der Waals surface area contributed by atoms with Gasteiger partial charge in [0.1, 0.15) is 12.2 Å². The number of nitrogen functional groups attached to an aromatic ring is 1. The number of nitrogens with zero attached hydrogens (tertiary/aromatic N) is 2. The van der Waals surface area contributed by atoms with Crippen molar-refractivity contribution in [2.24, 2.45) is 0 Å². The molecule has 3 amide bonds. The smallest absolute Gasteiger partial charge is 0.412 e. The molecule has 2 heterocycles. The summed E-state index contributed by atoms with van der Waals surface area (Å²) in [4.78, 5) is 66.6. The van der Waals surface area contributed by atoms with Crippen LogP contribution in [0.5, 0.6) is 23.0 Å². The molecule has 2 atom stereocenters. The second kappa shape index (κ2) is 18.6. The Bertz CT molecular complexity index is 1690. The number of hydrogen-bond donors (Lipinski definition) is 2. The summed E-state index contributed by atoms with van der Waals surface area (Å²) < 4.78 is 39.2. The molecule has 4 rings (SSSR count). The standard InChI is InChI=1S/C38H52N4O12/c1-8-34(44)53-33-13-10-15-42(33)35(45)25-18-29(48-6)31(20-27(25)39)50-16-11-17-51-32-21-28(40-37(47)54-38(3,4)5)26(19-30(32)49-7)36(46)41-14-9-12-24(41)22-52-23(2)43/h18-21,24,33H,8-17,22,39H2,1-7H3,(H,40,47). The lowest BCUT2D eigenvalue weighted by Gasteiger charge is -2.26. The predicted octanol–water partition coefficient (Wildman–Crippen LogP) is 5.16. The average Bonchev–Trinajstić information content (AvgIpc) is 3.79. The van der Waals surface area contributed by atoms with Gasteiger partial charge in [0.15, 0.2) is 29.2 Å². The number of nitrogens with one attached hydrogen (secondary N) is 1. The number of rotatable bonds is 15. The van der Waals surface area contributed by atoms with Crippen molar-refractivity contribution in [3.05, 3.63) is 35.4 Å².